The molecule has 3 N–H and O–H groups in total. The van der Waals surface area contributed by atoms with E-state index in [1.807, 2.05) is 25.1 Å². The SMILES string of the molecule is Cc1ccc(O)c(CN[C@H]2CCN(c3ccc(C(=O)Nc4cccc(F)c4)cn3)C2)c1. The minimum atomic E-state index is -0.402. The number of anilines is 2. The molecule has 0 saturated carbocycles. The van der Waals surface area contributed by atoms with Crippen LogP contribution in [0.25, 0.3) is 0 Å². The standard InChI is InChI=1S/C24H25FN4O2/c1-16-5-7-22(30)18(11-16)14-26-21-9-10-29(15-21)23-8-6-17(13-27-23)24(31)28-20-4-2-3-19(25)12-20/h2-8,11-13,21,26,30H,9-10,14-15H2,1H3,(H,28,31)/t21-/m0/s1. The third-order valence-electron chi connectivity index (χ3n) is 5.42. The Morgan fingerprint density at radius 2 is 2.10 bits per heavy atom. The number of halogens is 1. The van der Waals surface area contributed by atoms with Gasteiger partial charge in [-0.3, -0.25) is 4.79 Å². The average molecular weight is 420 g/mol. The lowest BCUT2D eigenvalue weighted by molar-refractivity contribution is 0.102. The minimum Gasteiger partial charge on any atom is -0.508 e. The Kier molecular flexibility index (Phi) is 6.13. The van der Waals surface area contributed by atoms with E-state index < -0.39 is 5.82 Å². The van der Waals surface area contributed by atoms with Crippen LogP contribution in [0, 0.1) is 12.7 Å². The lowest BCUT2D eigenvalue weighted by Crippen LogP contribution is -2.32. The summed E-state index contributed by atoms with van der Waals surface area (Å²) in [5.41, 5.74) is 2.83. The number of aromatic nitrogens is 1. The fraction of sp³-hybridized carbons (Fsp3) is 0.250. The van der Waals surface area contributed by atoms with Crippen molar-refractivity contribution >= 4 is 17.4 Å². The summed E-state index contributed by atoms with van der Waals surface area (Å²) in [7, 11) is 0. The smallest absolute Gasteiger partial charge is 0.257 e. The Hall–Kier alpha value is -3.45. The van der Waals surface area contributed by atoms with Gasteiger partial charge in [0.15, 0.2) is 0 Å². The van der Waals surface area contributed by atoms with Gasteiger partial charge in [0.05, 0.1) is 5.56 Å². The van der Waals surface area contributed by atoms with Crippen molar-refractivity contribution in [2.24, 2.45) is 0 Å². The molecule has 6 nitrogen and oxygen atoms in total. The second-order valence-corrected chi connectivity index (χ2v) is 7.81. The molecule has 0 radical (unpaired) electrons. The topological polar surface area (TPSA) is 77.5 Å². The maximum absolute atomic E-state index is 13.3. The van der Waals surface area contributed by atoms with Crippen molar-refractivity contribution in [1.29, 1.82) is 0 Å². The van der Waals surface area contributed by atoms with Crippen LogP contribution < -0.4 is 15.5 Å². The Balaban J connectivity index is 1.32. The fourth-order valence-electron chi connectivity index (χ4n) is 3.72. The third kappa shape index (κ3) is 5.19. The number of nitrogens with zero attached hydrogens (tertiary/aromatic N) is 2. The molecule has 2 aromatic carbocycles. The number of carbonyl (C=O) groups is 1. The number of hydrogen-bond acceptors (Lipinski definition) is 5. The largest absolute Gasteiger partial charge is 0.508 e. The van der Waals surface area contributed by atoms with Gasteiger partial charge in [0.25, 0.3) is 5.91 Å². The molecule has 1 aliphatic rings. The average Bonchev–Trinajstić information content (AvgIpc) is 3.23. The molecule has 31 heavy (non-hydrogen) atoms. The van der Waals surface area contributed by atoms with Crippen LogP contribution in [0.4, 0.5) is 15.9 Å². The number of rotatable bonds is 6. The van der Waals surface area contributed by atoms with Crippen LogP contribution in [0.2, 0.25) is 0 Å². The highest BCUT2D eigenvalue weighted by molar-refractivity contribution is 6.04. The van der Waals surface area contributed by atoms with Crippen molar-refractivity contribution in [3.8, 4) is 5.75 Å². The maximum Gasteiger partial charge on any atom is 0.257 e. The van der Waals surface area contributed by atoms with Gasteiger partial charge in [-0.1, -0.05) is 23.8 Å². The number of hydrogen-bond donors (Lipinski definition) is 3. The Labute approximate surface area is 180 Å². The molecule has 1 aromatic heterocycles. The highest BCUT2D eigenvalue weighted by Crippen LogP contribution is 2.21. The van der Waals surface area contributed by atoms with Crippen LogP contribution in [0.3, 0.4) is 0 Å². The van der Waals surface area contributed by atoms with Crippen LogP contribution in [0.15, 0.2) is 60.8 Å². The van der Waals surface area contributed by atoms with Crippen LogP contribution in [-0.2, 0) is 6.54 Å². The highest BCUT2D eigenvalue weighted by atomic mass is 19.1. The van der Waals surface area contributed by atoms with Crippen molar-refractivity contribution in [3.05, 3.63) is 83.3 Å². The molecule has 1 saturated heterocycles. The summed E-state index contributed by atoms with van der Waals surface area (Å²) in [6.07, 6.45) is 2.51. The number of aryl methyl sites for hydroxylation is 1. The molecular formula is C24H25FN4O2. The molecule has 1 atom stereocenters. The van der Waals surface area contributed by atoms with Gasteiger partial charge in [-0.25, -0.2) is 9.37 Å². The lowest BCUT2D eigenvalue weighted by Gasteiger charge is -2.18. The number of carbonyl (C=O) groups excluding carboxylic acids is 1. The summed E-state index contributed by atoms with van der Waals surface area (Å²) in [5, 5.41) is 16.2. The van der Waals surface area contributed by atoms with Gasteiger partial charge in [0.1, 0.15) is 17.4 Å². The maximum atomic E-state index is 13.3. The van der Waals surface area contributed by atoms with E-state index in [2.05, 4.69) is 20.5 Å². The van der Waals surface area contributed by atoms with Crippen LogP contribution in [0.5, 0.6) is 5.75 Å². The van der Waals surface area contributed by atoms with Gasteiger partial charge in [-0.2, -0.15) is 0 Å². The molecule has 1 amide bonds. The van der Waals surface area contributed by atoms with Crippen LogP contribution in [-0.4, -0.2) is 35.1 Å². The van der Waals surface area contributed by atoms with Gasteiger partial charge >= 0.3 is 0 Å². The first-order valence-electron chi connectivity index (χ1n) is 10.3. The summed E-state index contributed by atoms with van der Waals surface area (Å²) in [6, 6.07) is 15.2. The molecule has 0 bridgehead atoms. The number of pyridine rings is 1. The first-order chi connectivity index (χ1) is 15.0. The molecular weight excluding hydrogens is 395 g/mol. The lowest BCUT2D eigenvalue weighted by atomic mass is 10.1. The van der Waals surface area contributed by atoms with Gasteiger partial charge in [0.2, 0.25) is 0 Å². The van der Waals surface area contributed by atoms with E-state index in [0.29, 0.717) is 23.5 Å². The van der Waals surface area contributed by atoms with E-state index in [9.17, 15) is 14.3 Å². The molecule has 1 fully saturated rings. The van der Waals surface area contributed by atoms with Crippen molar-refractivity contribution in [2.75, 3.05) is 23.3 Å². The van der Waals surface area contributed by atoms with E-state index in [1.165, 1.54) is 18.3 Å². The molecule has 3 aromatic rings. The van der Waals surface area contributed by atoms with E-state index in [4.69, 9.17) is 0 Å². The third-order valence-corrected chi connectivity index (χ3v) is 5.42. The first kappa shape index (κ1) is 20.8. The quantitative estimate of drug-likeness (QED) is 0.565. The monoisotopic (exact) mass is 420 g/mol. The van der Waals surface area contributed by atoms with Crippen molar-refractivity contribution in [2.45, 2.75) is 25.9 Å². The predicted molar refractivity (Wildman–Crippen MR) is 119 cm³/mol. The molecule has 0 aliphatic carbocycles. The summed E-state index contributed by atoms with van der Waals surface area (Å²) in [4.78, 5) is 19.0. The van der Waals surface area contributed by atoms with E-state index in [-0.39, 0.29) is 11.9 Å². The number of amides is 1. The molecule has 1 aliphatic heterocycles. The molecule has 2 heterocycles. The number of phenolic OH excluding ortho intramolecular Hbond substituents is 1. The molecule has 160 valence electrons. The molecule has 0 spiro atoms. The zero-order valence-electron chi connectivity index (χ0n) is 17.3. The second kappa shape index (κ2) is 9.14. The Morgan fingerprint density at radius 3 is 2.87 bits per heavy atom. The number of phenols is 1. The molecule has 7 heteroatoms. The Bertz CT molecular complexity index is 1070. The van der Waals surface area contributed by atoms with E-state index in [1.54, 1.807) is 24.3 Å². The molecule has 0 unspecified atom stereocenters. The first-order valence-corrected chi connectivity index (χ1v) is 10.3. The van der Waals surface area contributed by atoms with Gasteiger partial charge < -0.3 is 20.6 Å². The summed E-state index contributed by atoms with van der Waals surface area (Å²) in [6.45, 7) is 4.28. The zero-order chi connectivity index (χ0) is 21.8. The van der Waals surface area contributed by atoms with E-state index in [0.717, 1.165) is 36.5 Å². The summed E-state index contributed by atoms with van der Waals surface area (Å²) in [5.74, 6) is 0.386. The summed E-state index contributed by atoms with van der Waals surface area (Å²) < 4.78 is 13.3. The van der Waals surface area contributed by atoms with E-state index >= 15 is 0 Å². The Morgan fingerprint density at radius 1 is 1.23 bits per heavy atom. The second-order valence-electron chi connectivity index (χ2n) is 7.81. The number of nitrogens with one attached hydrogen (secondary N) is 2. The van der Waals surface area contributed by atoms with Gasteiger partial charge in [-0.15, -0.1) is 0 Å². The van der Waals surface area contributed by atoms with Crippen LogP contribution >= 0.6 is 0 Å². The number of aromatic hydroxyl groups is 1. The zero-order valence-corrected chi connectivity index (χ0v) is 17.3. The van der Waals surface area contributed by atoms with Crippen molar-refractivity contribution in [3.63, 3.8) is 0 Å². The highest BCUT2D eigenvalue weighted by Gasteiger charge is 2.23. The molecule has 4 rings (SSSR count). The van der Waals surface area contributed by atoms with Crippen molar-refractivity contribution < 1.29 is 14.3 Å². The van der Waals surface area contributed by atoms with Gasteiger partial charge in [-0.05, 0) is 49.7 Å². The van der Waals surface area contributed by atoms with Gasteiger partial charge in [0, 0.05) is 43.1 Å². The summed E-state index contributed by atoms with van der Waals surface area (Å²) >= 11 is 0. The number of benzene rings is 2. The van der Waals surface area contributed by atoms with Crippen LogP contribution in [0.1, 0.15) is 27.9 Å². The fourth-order valence-corrected chi connectivity index (χ4v) is 3.72. The normalized spacial score (nSPS) is 15.8. The van der Waals surface area contributed by atoms with Crippen molar-refractivity contribution in [1.82, 2.24) is 10.3 Å². The predicted octanol–water partition coefficient (Wildman–Crippen LogP) is 3.86. The minimum absolute atomic E-state index is 0.290.